The Bertz CT molecular complexity index is 849. The topological polar surface area (TPSA) is 41.6 Å². The highest BCUT2D eigenvalue weighted by Crippen LogP contribution is 2.40. The van der Waals surface area contributed by atoms with Gasteiger partial charge in [-0.25, -0.2) is 4.39 Å². The van der Waals surface area contributed by atoms with Crippen molar-refractivity contribution in [1.29, 1.82) is 0 Å². The molecule has 0 atom stereocenters. The van der Waals surface area contributed by atoms with Crippen molar-refractivity contribution in [1.82, 2.24) is 15.2 Å². The maximum absolute atomic E-state index is 14.2. The van der Waals surface area contributed by atoms with E-state index in [1.165, 1.54) is 31.2 Å². The fourth-order valence-corrected chi connectivity index (χ4v) is 3.62. The minimum atomic E-state index is -0.313. The van der Waals surface area contributed by atoms with Gasteiger partial charge in [0.1, 0.15) is 5.69 Å². The highest BCUT2D eigenvalue weighted by atomic mass is 19.1. The summed E-state index contributed by atoms with van der Waals surface area (Å²) in [5, 5.41) is 6.80. The number of benzene rings is 1. The monoisotopic (exact) mass is 321 g/mol. The van der Waals surface area contributed by atoms with Gasteiger partial charge >= 0.3 is 0 Å². The zero-order valence-corrected chi connectivity index (χ0v) is 13.7. The number of nitrogens with zero attached hydrogens (tertiary/aromatic N) is 2. The second kappa shape index (κ2) is 6.19. The van der Waals surface area contributed by atoms with Gasteiger partial charge in [0, 0.05) is 11.8 Å². The maximum atomic E-state index is 14.2. The number of H-pyrrole nitrogens is 1. The van der Waals surface area contributed by atoms with Gasteiger partial charge in [0.2, 0.25) is 0 Å². The van der Waals surface area contributed by atoms with Crippen LogP contribution in [-0.2, 0) is 0 Å². The molecule has 0 unspecified atom stereocenters. The first-order valence-electron chi connectivity index (χ1n) is 8.50. The first-order valence-corrected chi connectivity index (χ1v) is 8.50. The molecule has 1 N–H and O–H groups in total. The van der Waals surface area contributed by atoms with E-state index in [9.17, 15) is 4.39 Å². The van der Waals surface area contributed by atoms with Crippen LogP contribution in [0, 0.1) is 12.7 Å². The summed E-state index contributed by atoms with van der Waals surface area (Å²) >= 11 is 0. The number of aryl methyl sites for hydroxylation is 1. The zero-order chi connectivity index (χ0) is 16.5. The molecule has 1 aliphatic carbocycles. The van der Waals surface area contributed by atoms with Crippen LogP contribution in [0.1, 0.15) is 42.9 Å². The Morgan fingerprint density at radius 1 is 1.12 bits per heavy atom. The SMILES string of the molecule is Cc1[nH]nc(-c2cc(C3CCCC3)c(-c3ccccc3)cn2)c1F. The van der Waals surface area contributed by atoms with Gasteiger partial charge in [-0.15, -0.1) is 0 Å². The van der Waals surface area contributed by atoms with Crippen LogP contribution in [0.25, 0.3) is 22.5 Å². The summed E-state index contributed by atoms with van der Waals surface area (Å²) in [5.41, 5.74) is 4.95. The molecule has 1 aromatic carbocycles. The van der Waals surface area contributed by atoms with Gasteiger partial charge in [-0.2, -0.15) is 5.10 Å². The number of rotatable bonds is 3. The van der Waals surface area contributed by atoms with E-state index in [0.717, 1.165) is 11.1 Å². The third-order valence-corrected chi connectivity index (χ3v) is 4.93. The molecule has 2 aromatic heterocycles. The van der Waals surface area contributed by atoms with Gasteiger partial charge in [0.15, 0.2) is 5.82 Å². The summed E-state index contributed by atoms with van der Waals surface area (Å²) in [4.78, 5) is 4.51. The van der Waals surface area contributed by atoms with E-state index in [0.29, 0.717) is 23.0 Å². The molecular weight excluding hydrogens is 301 g/mol. The number of aromatic amines is 1. The molecule has 3 nitrogen and oxygen atoms in total. The van der Waals surface area contributed by atoms with Gasteiger partial charge in [-0.05, 0) is 42.9 Å². The van der Waals surface area contributed by atoms with Crippen molar-refractivity contribution in [3.8, 4) is 22.5 Å². The van der Waals surface area contributed by atoms with Crippen molar-refractivity contribution in [3.63, 3.8) is 0 Å². The summed E-state index contributed by atoms with van der Waals surface area (Å²) in [7, 11) is 0. The minimum Gasteiger partial charge on any atom is -0.279 e. The lowest BCUT2D eigenvalue weighted by atomic mass is 9.90. The lowest BCUT2D eigenvalue weighted by Gasteiger charge is -2.16. The minimum absolute atomic E-state index is 0.311. The highest BCUT2D eigenvalue weighted by molar-refractivity contribution is 5.70. The fraction of sp³-hybridized carbons (Fsp3) is 0.300. The van der Waals surface area contributed by atoms with Crippen LogP contribution in [0.3, 0.4) is 0 Å². The number of pyridine rings is 1. The smallest absolute Gasteiger partial charge is 0.173 e. The number of halogens is 1. The Balaban J connectivity index is 1.85. The van der Waals surface area contributed by atoms with Crippen LogP contribution in [-0.4, -0.2) is 15.2 Å². The van der Waals surface area contributed by atoms with Crippen molar-refractivity contribution in [2.75, 3.05) is 0 Å². The van der Waals surface area contributed by atoms with Crippen molar-refractivity contribution in [2.45, 2.75) is 38.5 Å². The highest BCUT2D eigenvalue weighted by Gasteiger charge is 2.23. The van der Waals surface area contributed by atoms with Crippen LogP contribution < -0.4 is 0 Å². The molecule has 0 saturated heterocycles. The van der Waals surface area contributed by atoms with Gasteiger partial charge in [-0.3, -0.25) is 10.1 Å². The lowest BCUT2D eigenvalue weighted by Crippen LogP contribution is -1.99. The molecule has 4 rings (SSSR count). The Hall–Kier alpha value is -2.49. The van der Waals surface area contributed by atoms with Gasteiger partial charge in [0.25, 0.3) is 0 Å². The summed E-state index contributed by atoms with van der Waals surface area (Å²) in [5.74, 6) is 0.206. The molecule has 0 amide bonds. The van der Waals surface area contributed by atoms with E-state index in [1.54, 1.807) is 6.92 Å². The lowest BCUT2D eigenvalue weighted by molar-refractivity contribution is 0.621. The molecule has 0 radical (unpaired) electrons. The molecule has 24 heavy (non-hydrogen) atoms. The third kappa shape index (κ3) is 2.62. The fourth-order valence-electron chi connectivity index (χ4n) is 3.62. The van der Waals surface area contributed by atoms with Crippen LogP contribution in [0.4, 0.5) is 4.39 Å². The Kier molecular flexibility index (Phi) is 3.89. The first-order chi connectivity index (χ1) is 11.7. The molecule has 0 aliphatic heterocycles. The molecule has 2 heterocycles. The molecule has 3 aromatic rings. The summed E-state index contributed by atoms with van der Waals surface area (Å²) in [6.07, 6.45) is 6.76. The maximum Gasteiger partial charge on any atom is 0.173 e. The molecule has 0 bridgehead atoms. The predicted molar refractivity (Wildman–Crippen MR) is 93.2 cm³/mol. The molecule has 4 heteroatoms. The van der Waals surface area contributed by atoms with Crippen molar-refractivity contribution < 1.29 is 4.39 Å². The summed E-state index contributed by atoms with van der Waals surface area (Å²) in [6.45, 7) is 1.68. The number of aromatic nitrogens is 3. The van der Waals surface area contributed by atoms with Gasteiger partial charge in [0.05, 0.1) is 11.4 Å². The molecule has 1 fully saturated rings. The number of nitrogens with one attached hydrogen (secondary N) is 1. The van der Waals surface area contributed by atoms with E-state index in [4.69, 9.17) is 0 Å². The summed E-state index contributed by atoms with van der Waals surface area (Å²) < 4.78 is 14.2. The second-order valence-electron chi connectivity index (χ2n) is 6.52. The largest absolute Gasteiger partial charge is 0.279 e. The van der Waals surface area contributed by atoms with E-state index < -0.39 is 0 Å². The van der Waals surface area contributed by atoms with Gasteiger partial charge in [-0.1, -0.05) is 43.2 Å². The van der Waals surface area contributed by atoms with Crippen LogP contribution >= 0.6 is 0 Å². The van der Waals surface area contributed by atoms with Crippen LogP contribution in [0.15, 0.2) is 42.6 Å². The zero-order valence-electron chi connectivity index (χ0n) is 13.7. The predicted octanol–water partition coefficient (Wildman–Crippen LogP) is 5.24. The van der Waals surface area contributed by atoms with E-state index in [2.05, 4.69) is 27.3 Å². The Morgan fingerprint density at radius 3 is 2.54 bits per heavy atom. The number of hydrogen-bond donors (Lipinski definition) is 1. The average molecular weight is 321 g/mol. The van der Waals surface area contributed by atoms with Crippen molar-refractivity contribution >= 4 is 0 Å². The molecular formula is C20H20FN3. The standard InChI is InChI=1S/C20H20FN3/c1-13-19(21)20(24-23-13)18-11-16(14-9-5-6-10-14)17(12-22-18)15-7-3-2-4-8-15/h2-4,7-8,11-12,14H,5-6,9-10H2,1H3,(H,23,24). The number of hydrogen-bond acceptors (Lipinski definition) is 2. The molecule has 122 valence electrons. The first kappa shape index (κ1) is 15.1. The quantitative estimate of drug-likeness (QED) is 0.716. The van der Waals surface area contributed by atoms with Crippen LogP contribution in [0.2, 0.25) is 0 Å². The second-order valence-corrected chi connectivity index (χ2v) is 6.52. The van der Waals surface area contributed by atoms with E-state index >= 15 is 0 Å². The van der Waals surface area contributed by atoms with Gasteiger partial charge < -0.3 is 0 Å². The third-order valence-electron chi connectivity index (χ3n) is 4.93. The summed E-state index contributed by atoms with van der Waals surface area (Å²) in [6, 6.07) is 12.3. The normalized spacial score (nSPS) is 15.1. The van der Waals surface area contributed by atoms with Crippen molar-refractivity contribution in [3.05, 3.63) is 59.7 Å². The van der Waals surface area contributed by atoms with Crippen LogP contribution in [0.5, 0.6) is 0 Å². The molecule has 1 saturated carbocycles. The average Bonchev–Trinajstić information content (AvgIpc) is 3.27. The Morgan fingerprint density at radius 2 is 1.88 bits per heavy atom. The van der Waals surface area contributed by atoms with Crippen molar-refractivity contribution in [2.24, 2.45) is 0 Å². The van der Waals surface area contributed by atoms with E-state index in [1.807, 2.05) is 30.5 Å². The molecule has 0 spiro atoms. The Labute approximate surface area is 141 Å². The molecule has 1 aliphatic rings. The van der Waals surface area contributed by atoms with E-state index in [-0.39, 0.29) is 5.82 Å².